The highest BCUT2D eigenvalue weighted by atomic mass is 33.1. The van der Waals surface area contributed by atoms with Gasteiger partial charge in [0.15, 0.2) is 0 Å². The molecule has 11 heteroatoms. The van der Waals surface area contributed by atoms with Crippen LogP contribution in [0.2, 0.25) is 0 Å². The Morgan fingerprint density at radius 1 is 1.00 bits per heavy atom. The number of amides is 3. The summed E-state index contributed by atoms with van der Waals surface area (Å²) in [5, 5.41) is 2.38. The predicted octanol–water partition coefficient (Wildman–Crippen LogP) is 3.13. The summed E-state index contributed by atoms with van der Waals surface area (Å²) >= 11 is 0. The number of nitrogens with one attached hydrogen (secondary N) is 1. The molecule has 0 aromatic rings. The molecule has 0 aromatic carbocycles. The summed E-state index contributed by atoms with van der Waals surface area (Å²) < 4.78 is 9.27. The van der Waals surface area contributed by atoms with Gasteiger partial charge in [-0.05, 0) is 41.0 Å². The van der Waals surface area contributed by atoms with E-state index in [4.69, 9.17) is 9.47 Å². The van der Waals surface area contributed by atoms with Gasteiger partial charge >= 0.3 is 12.1 Å². The summed E-state index contributed by atoms with van der Waals surface area (Å²) in [5.41, 5.74) is -0.557. The summed E-state index contributed by atoms with van der Waals surface area (Å²) in [4.78, 5) is 50.8. The highest BCUT2D eigenvalue weighted by molar-refractivity contribution is 8.82. The number of rotatable bonds is 9. The molecule has 0 aromatic heterocycles. The zero-order valence-electron chi connectivity index (χ0n) is 19.4. The largest absolute Gasteiger partial charge is 0.467 e. The van der Waals surface area contributed by atoms with Crippen molar-refractivity contribution in [2.75, 3.05) is 34.3 Å². The van der Waals surface area contributed by atoms with Crippen molar-refractivity contribution in [2.45, 2.75) is 64.4 Å². The van der Waals surface area contributed by atoms with E-state index in [1.165, 1.54) is 29.7 Å². The van der Waals surface area contributed by atoms with Crippen molar-refractivity contribution in [1.29, 1.82) is 0 Å². The number of hydrogen-bond acceptors (Lipinski definition) is 8. The van der Waals surface area contributed by atoms with Crippen LogP contribution in [0.4, 0.5) is 9.59 Å². The van der Waals surface area contributed by atoms with Crippen LogP contribution in [0.25, 0.3) is 0 Å². The third-order valence-electron chi connectivity index (χ3n) is 3.81. The minimum absolute atomic E-state index is 0.195. The van der Waals surface area contributed by atoms with Crippen molar-refractivity contribution in [3.8, 4) is 0 Å². The highest BCUT2D eigenvalue weighted by Crippen LogP contribution is 2.39. The van der Waals surface area contributed by atoms with Gasteiger partial charge in [0.1, 0.15) is 11.6 Å². The molecule has 1 atom stereocenters. The van der Waals surface area contributed by atoms with Gasteiger partial charge in [-0.15, -0.1) is 0 Å². The van der Waals surface area contributed by atoms with Crippen LogP contribution in [-0.2, 0) is 19.1 Å². The molecule has 0 aliphatic carbocycles. The van der Waals surface area contributed by atoms with Crippen LogP contribution in [0.5, 0.6) is 0 Å². The molecule has 0 bridgehead atoms. The number of esters is 1. The standard InChI is InChI=1S/C19H35N3O6S2/c1-13(23)20-14(15(24)27-9)19(5,6)30-29-17(26)22(8)12-10-11-21(7)16(25)28-18(2,3)4/h14H,10-12H2,1-9H3,(H,20,23). The second-order valence-electron chi connectivity index (χ2n) is 8.37. The maximum Gasteiger partial charge on any atom is 0.410 e. The molecule has 174 valence electrons. The summed E-state index contributed by atoms with van der Waals surface area (Å²) in [7, 11) is 6.74. The van der Waals surface area contributed by atoms with Crippen LogP contribution < -0.4 is 5.32 Å². The molecule has 0 rings (SSSR count). The lowest BCUT2D eigenvalue weighted by Gasteiger charge is -2.31. The number of carbonyl (C=O) groups excluding carboxylic acids is 4. The van der Waals surface area contributed by atoms with Crippen molar-refractivity contribution < 1.29 is 28.7 Å². The molecule has 9 nitrogen and oxygen atoms in total. The second-order valence-corrected chi connectivity index (χ2v) is 11.1. The number of ether oxygens (including phenoxy) is 2. The Morgan fingerprint density at radius 3 is 2.00 bits per heavy atom. The van der Waals surface area contributed by atoms with Crippen molar-refractivity contribution in [1.82, 2.24) is 15.1 Å². The molecule has 0 fully saturated rings. The first-order valence-corrected chi connectivity index (χ1v) is 11.7. The Balaban J connectivity index is 4.60. The van der Waals surface area contributed by atoms with Crippen molar-refractivity contribution in [2.24, 2.45) is 0 Å². The fourth-order valence-corrected chi connectivity index (χ4v) is 4.44. The number of nitrogens with zero attached hydrogens (tertiary/aromatic N) is 2. The fraction of sp³-hybridized carbons (Fsp3) is 0.789. The third-order valence-corrected chi connectivity index (χ3v) is 6.98. The molecule has 0 aliphatic rings. The van der Waals surface area contributed by atoms with Crippen LogP contribution in [0.15, 0.2) is 0 Å². The number of methoxy groups -OCH3 is 1. The topological polar surface area (TPSA) is 105 Å². The van der Waals surface area contributed by atoms with Crippen LogP contribution in [0.1, 0.15) is 48.0 Å². The summed E-state index contributed by atoms with van der Waals surface area (Å²) in [6.45, 7) is 11.1. The molecule has 3 amide bonds. The lowest BCUT2D eigenvalue weighted by Crippen LogP contribution is -2.52. The first-order valence-electron chi connectivity index (χ1n) is 9.50. The van der Waals surface area contributed by atoms with Crippen LogP contribution >= 0.6 is 21.6 Å². The average molecular weight is 466 g/mol. The molecule has 0 heterocycles. The van der Waals surface area contributed by atoms with E-state index in [9.17, 15) is 19.2 Å². The molecule has 0 saturated heterocycles. The van der Waals surface area contributed by atoms with Crippen LogP contribution in [0.3, 0.4) is 0 Å². The van der Waals surface area contributed by atoms with Gasteiger partial charge < -0.3 is 24.6 Å². The van der Waals surface area contributed by atoms with Gasteiger partial charge in [-0.1, -0.05) is 10.8 Å². The van der Waals surface area contributed by atoms with Gasteiger partial charge in [0.25, 0.3) is 5.24 Å². The fourth-order valence-electron chi connectivity index (χ4n) is 2.16. The second kappa shape index (κ2) is 12.3. The van der Waals surface area contributed by atoms with Crippen molar-refractivity contribution >= 4 is 44.8 Å². The minimum atomic E-state index is -0.891. The Kier molecular flexibility index (Phi) is 11.6. The summed E-state index contributed by atoms with van der Waals surface area (Å²) in [6.07, 6.45) is 0.179. The molecule has 1 unspecified atom stereocenters. The zero-order valence-corrected chi connectivity index (χ0v) is 21.0. The third kappa shape index (κ3) is 11.0. The molecular formula is C19H35N3O6S2. The van der Waals surface area contributed by atoms with Gasteiger partial charge in [0.05, 0.1) is 11.9 Å². The molecule has 0 aliphatic heterocycles. The predicted molar refractivity (Wildman–Crippen MR) is 120 cm³/mol. The first-order chi connectivity index (χ1) is 13.6. The van der Waals surface area contributed by atoms with E-state index in [1.807, 2.05) is 0 Å². The van der Waals surface area contributed by atoms with E-state index in [0.29, 0.717) is 19.5 Å². The average Bonchev–Trinajstić information content (AvgIpc) is 2.61. The number of carbonyl (C=O) groups is 4. The summed E-state index contributed by atoms with van der Waals surface area (Å²) in [5.74, 6) is -0.934. The van der Waals surface area contributed by atoms with E-state index >= 15 is 0 Å². The van der Waals surface area contributed by atoms with Gasteiger partial charge in [-0.2, -0.15) is 0 Å². The maximum atomic E-state index is 12.4. The molecule has 30 heavy (non-hydrogen) atoms. The summed E-state index contributed by atoms with van der Waals surface area (Å²) in [6, 6.07) is -0.891. The highest BCUT2D eigenvalue weighted by Gasteiger charge is 2.38. The van der Waals surface area contributed by atoms with Gasteiger partial charge in [-0.25, -0.2) is 9.59 Å². The van der Waals surface area contributed by atoms with Crippen molar-refractivity contribution in [3.05, 3.63) is 0 Å². The molecule has 0 spiro atoms. The smallest absolute Gasteiger partial charge is 0.410 e. The van der Waals surface area contributed by atoms with Gasteiger partial charge in [0.2, 0.25) is 5.91 Å². The Hall–Kier alpha value is -1.62. The Morgan fingerprint density at radius 2 is 1.53 bits per heavy atom. The Labute approximate surface area is 187 Å². The van der Waals surface area contributed by atoms with E-state index in [1.54, 1.807) is 53.6 Å². The lowest BCUT2D eigenvalue weighted by atomic mass is 10.0. The molecule has 0 saturated carbocycles. The van der Waals surface area contributed by atoms with E-state index in [-0.39, 0.29) is 11.1 Å². The van der Waals surface area contributed by atoms with E-state index in [2.05, 4.69) is 5.32 Å². The molecule has 1 N–H and O–H groups in total. The van der Waals surface area contributed by atoms with Crippen molar-refractivity contribution in [3.63, 3.8) is 0 Å². The quantitative estimate of drug-likeness (QED) is 0.409. The maximum absolute atomic E-state index is 12.4. The zero-order chi connectivity index (χ0) is 23.7. The normalized spacial score (nSPS) is 12.6. The molecular weight excluding hydrogens is 430 g/mol. The SMILES string of the molecule is COC(=O)C(NC(C)=O)C(C)(C)SSC(=O)N(C)CCCN(C)C(=O)OC(C)(C)C. The minimum Gasteiger partial charge on any atom is -0.467 e. The van der Waals surface area contributed by atoms with E-state index < -0.39 is 28.5 Å². The lowest BCUT2D eigenvalue weighted by molar-refractivity contribution is -0.145. The van der Waals surface area contributed by atoms with Gasteiger partial charge in [-0.3, -0.25) is 9.59 Å². The molecule has 0 radical (unpaired) electrons. The Bertz CT molecular complexity index is 622. The van der Waals surface area contributed by atoms with Crippen LogP contribution in [-0.4, -0.2) is 83.7 Å². The number of hydrogen-bond donors (Lipinski definition) is 1. The first kappa shape index (κ1) is 28.4. The van der Waals surface area contributed by atoms with Crippen LogP contribution in [0, 0.1) is 0 Å². The monoisotopic (exact) mass is 465 g/mol. The van der Waals surface area contributed by atoms with E-state index in [0.717, 1.165) is 10.8 Å². The van der Waals surface area contributed by atoms with Gasteiger partial charge in [0, 0.05) is 44.9 Å².